The minimum Gasteiger partial charge on any atom is -0.507 e. The van der Waals surface area contributed by atoms with Gasteiger partial charge in [0.1, 0.15) is 11.6 Å². The van der Waals surface area contributed by atoms with Crippen LogP contribution >= 0.6 is 0 Å². The Morgan fingerprint density at radius 1 is 1.15 bits per heavy atom. The molecule has 1 amide bonds. The molecule has 9 heteroatoms. The van der Waals surface area contributed by atoms with E-state index in [1.54, 1.807) is 19.2 Å². The summed E-state index contributed by atoms with van der Waals surface area (Å²) in [6, 6.07) is 9.25. The Bertz CT molecular complexity index is 1340. The Kier molecular flexibility index (Phi) is 5.90. The number of aromatic nitrogens is 1. The van der Waals surface area contributed by atoms with Crippen LogP contribution in [0.2, 0.25) is 0 Å². The number of ketones is 1. The van der Waals surface area contributed by atoms with E-state index < -0.39 is 35.1 Å². The number of aliphatic hydroxyl groups excluding tert-OH is 1. The molecule has 4 rings (SSSR count). The maximum Gasteiger partial charge on any atom is 0.419 e. The van der Waals surface area contributed by atoms with E-state index in [0.29, 0.717) is 24.0 Å². The van der Waals surface area contributed by atoms with Crippen molar-refractivity contribution in [1.29, 1.82) is 0 Å². The molecule has 2 aromatic carbocycles. The molecule has 0 radical (unpaired) electrons. The van der Waals surface area contributed by atoms with Gasteiger partial charge in [-0.25, -0.2) is 9.18 Å². The molecule has 1 aliphatic heterocycles. The third-order valence-corrected chi connectivity index (χ3v) is 5.77. The smallest absolute Gasteiger partial charge is 0.419 e. The lowest BCUT2D eigenvalue weighted by Gasteiger charge is -2.26. The van der Waals surface area contributed by atoms with Crippen LogP contribution in [0.15, 0.2) is 57.2 Å². The SMILES string of the molecule is CN(C)CCCN1C(=O)C(=O)C(=C(O)c2ccc3c(c2)oc(=O)n3C)[C@@H]1c1cccc(F)c1. The molecule has 1 saturated heterocycles. The monoisotopic (exact) mass is 453 g/mol. The fourth-order valence-electron chi connectivity index (χ4n) is 4.13. The summed E-state index contributed by atoms with van der Waals surface area (Å²) in [4.78, 5) is 41.1. The fourth-order valence-corrected chi connectivity index (χ4v) is 4.13. The second-order valence-corrected chi connectivity index (χ2v) is 8.31. The maximum absolute atomic E-state index is 14.0. The Morgan fingerprint density at radius 3 is 2.61 bits per heavy atom. The van der Waals surface area contributed by atoms with Crippen LogP contribution < -0.4 is 5.76 Å². The summed E-state index contributed by atoms with van der Waals surface area (Å²) in [7, 11) is 5.35. The van der Waals surface area contributed by atoms with E-state index in [0.717, 1.165) is 0 Å². The molecule has 0 bridgehead atoms. The van der Waals surface area contributed by atoms with Gasteiger partial charge in [0, 0.05) is 19.2 Å². The van der Waals surface area contributed by atoms with Gasteiger partial charge in [0.15, 0.2) is 5.58 Å². The number of hydrogen-bond acceptors (Lipinski definition) is 6. The fraction of sp³-hybridized carbons (Fsp3) is 0.292. The molecule has 3 aromatic rings. The van der Waals surface area contributed by atoms with Crippen LogP contribution in [0, 0.1) is 5.82 Å². The van der Waals surface area contributed by atoms with Crippen LogP contribution in [0.25, 0.3) is 16.9 Å². The Labute approximate surface area is 189 Å². The molecule has 1 atom stereocenters. The molecule has 0 saturated carbocycles. The van der Waals surface area contributed by atoms with Gasteiger partial charge in [-0.2, -0.15) is 0 Å². The molecule has 1 aliphatic rings. The van der Waals surface area contributed by atoms with E-state index in [2.05, 4.69) is 0 Å². The third-order valence-electron chi connectivity index (χ3n) is 5.77. The number of Topliss-reactive ketones (excluding diaryl/α,β-unsaturated/α-hetero) is 1. The molecule has 0 spiro atoms. The summed E-state index contributed by atoms with van der Waals surface area (Å²) in [6.45, 7) is 0.940. The molecule has 1 aromatic heterocycles. The Hall–Kier alpha value is -3.72. The minimum atomic E-state index is -0.943. The summed E-state index contributed by atoms with van der Waals surface area (Å²) in [5.41, 5.74) is 1.21. The summed E-state index contributed by atoms with van der Waals surface area (Å²) >= 11 is 0. The van der Waals surface area contributed by atoms with Gasteiger partial charge in [-0.1, -0.05) is 12.1 Å². The summed E-state index contributed by atoms with van der Waals surface area (Å²) < 4.78 is 20.5. The maximum atomic E-state index is 14.0. The van der Waals surface area contributed by atoms with Crippen LogP contribution in [-0.4, -0.2) is 58.3 Å². The second-order valence-electron chi connectivity index (χ2n) is 8.31. The number of nitrogens with zero attached hydrogens (tertiary/aromatic N) is 3. The lowest BCUT2D eigenvalue weighted by molar-refractivity contribution is -0.139. The van der Waals surface area contributed by atoms with E-state index in [1.807, 2.05) is 19.0 Å². The molecular weight excluding hydrogens is 429 g/mol. The number of likely N-dealkylation sites (tertiary alicyclic amines) is 1. The van der Waals surface area contributed by atoms with E-state index >= 15 is 0 Å². The van der Waals surface area contributed by atoms with Crippen LogP contribution in [0.5, 0.6) is 0 Å². The van der Waals surface area contributed by atoms with Crippen molar-refractivity contribution in [2.45, 2.75) is 12.5 Å². The van der Waals surface area contributed by atoms with Gasteiger partial charge in [0.05, 0.1) is 17.1 Å². The number of rotatable bonds is 6. The number of oxazole rings is 1. The van der Waals surface area contributed by atoms with Gasteiger partial charge in [-0.3, -0.25) is 14.2 Å². The number of benzene rings is 2. The van der Waals surface area contributed by atoms with Crippen LogP contribution in [0.1, 0.15) is 23.6 Å². The molecular formula is C24H24FN3O5. The standard InChI is InChI=1S/C24H24FN3O5/c1-26(2)10-5-11-28-20(14-6-4-7-16(25)12-14)19(22(30)23(28)31)21(29)15-8-9-17-18(13-15)33-24(32)27(17)3/h4,6-9,12-13,20,29H,5,10-11H2,1-3H3/t20-/m0/s1. The number of aliphatic hydroxyl groups is 1. The molecule has 172 valence electrons. The van der Waals surface area contributed by atoms with Crippen molar-refractivity contribution in [3.8, 4) is 0 Å². The average molecular weight is 453 g/mol. The first-order valence-electron chi connectivity index (χ1n) is 10.5. The number of aryl methyl sites for hydroxylation is 1. The second kappa shape index (κ2) is 8.67. The molecule has 2 heterocycles. The lowest BCUT2D eigenvalue weighted by atomic mass is 9.95. The number of carbonyl (C=O) groups excluding carboxylic acids is 2. The van der Waals surface area contributed by atoms with E-state index in [4.69, 9.17) is 4.42 Å². The third kappa shape index (κ3) is 4.07. The zero-order chi connectivity index (χ0) is 23.9. The topological polar surface area (TPSA) is 96.0 Å². The summed E-state index contributed by atoms with van der Waals surface area (Å²) in [5, 5.41) is 11.1. The van der Waals surface area contributed by atoms with E-state index in [9.17, 15) is 23.9 Å². The van der Waals surface area contributed by atoms with Gasteiger partial charge >= 0.3 is 5.76 Å². The van der Waals surface area contributed by atoms with Crippen molar-refractivity contribution >= 4 is 28.5 Å². The number of amides is 1. The van der Waals surface area contributed by atoms with Gasteiger partial charge in [0.25, 0.3) is 11.7 Å². The summed E-state index contributed by atoms with van der Waals surface area (Å²) in [5.74, 6) is -3.09. The van der Waals surface area contributed by atoms with Crippen LogP contribution in [0.3, 0.4) is 0 Å². The van der Waals surface area contributed by atoms with Crippen molar-refractivity contribution < 1.29 is 23.5 Å². The van der Waals surface area contributed by atoms with Crippen molar-refractivity contribution in [1.82, 2.24) is 14.4 Å². The molecule has 33 heavy (non-hydrogen) atoms. The molecule has 1 fully saturated rings. The predicted octanol–water partition coefficient (Wildman–Crippen LogP) is 2.64. The number of hydrogen-bond donors (Lipinski definition) is 1. The highest BCUT2D eigenvalue weighted by Crippen LogP contribution is 2.39. The Morgan fingerprint density at radius 2 is 1.91 bits per heavy atom. The zero-order valence-electron chi connectivity index (χ0n) is 18.5. The van der Waals surface area contributed by atoms with Crippen molar-refractivity contribution in [2.75, 3.05) is 27.2 Å². The number of carbonyl (C=O) groups is 2. The van der Waals surface area contributed by atoms with Gasteiger partial charge < -0.3 is 19.3 Å². The highest BCUT2D eigenvalue weighted by molar-refractivity contribution is 6.46. The Balaban J connectivity index is 1.84. The number of halogens is 1. The van der Waals surface area contributed by atoms with Gasteiger partial charge in [-0.05, 0) is 63.0 Å². The van der Waals surface area contributed by atoms with Crippen LogP contribution in [0.4, 0.5) is 4.39 Å². The first-order valence-corrected chi connectivity index (χ1v) is 10.5. The van der Waals surface area contributed by atoms with Crippen molar-refractivity contribution in [2.24, 2.45) is 7.05 Å². The lowest BCUT2D eigenvalue weighted by Crippen LogP contribution is -2.32. The quantitative estimate of drug-likeness (QED) is 0.350. The van der Waals surface area contributed by atoms with Gasteiger partial charge in [0.2, 0.25) is 0 Å². The molecule has 0 aliphatic carbocycles. The van der Waals surface area contributed by atoms with Crippen molar-refractivity contribution in [3.63, 3.8) is 0 Å². The van der Waals surface area contributed by atoms with Crippen LogP contribution in [-0.2, 0) is 16.6 Å². The first-order chi connectivity index (χ1) is 15.7. The van der Waals surface area contributed by atoms with Crippen molar-refractivity contribution in [3.05, 3.63) is 75.5 Å². The molecule has 1 N–H and O–H groups in total. The molecule has 0 unspecified atom stereocenters. The average Bonchev–Trinajstić information content (AvgIpc) is 3.20. The number of fused-ring (bicyclic) bond motifs is 1. The minimum absolute atomic E-state index is 0.131. The van der Waals surface area contributed by atoms with E-state index in [1.165, 1.54) is 39.8 Å². The normalized spacial score (nSPS) is 18.1. The van der Waals surface area contributed by atoms with E-state index in [-0.39, 0.29) is 23.3 Å². The highest BCUT2D eigenvalue weighted by Gasteiger charge is 2.45. The predicted molar refractivity (Wildman–Crippen MR) is 120 cm³/mol. The van der Waals surface area contributed by atoms with Gasteiger partial charge in [-0.15, -0.1) is 0 Å². The highest BCUT2D eigenvalue weighted by atomic mass is 19.1. The zero-order valence-corrected chi connectivity index (χ0v) is 18.5. The molecule has 8 nitrogen and oxygen atoms in total. The first kappa shape index (κ1) is 22.5. The summed E-state index contributed by atoms with van der Waals surface area (Å²) in [6.07, 6.45) is 0.590. The largest absolute Gasteiger partial charge is 0.507 e.